The van der Waals surface area contributed by atoms with Crippen molar-refractivity contribution >= 4 is 0 Å². The van der Waals surface area contributed by atoms with Crippen molar-refractivity contribution in [2.24, 2.45) is 0 Å². The highest BCUT2D eigenvalue weighted by Crippen LogP contribution is 2.20. The van der Waals surface area contributed by atoms with E-state index in [2.05, 4.69) is 5.92 Å². The Balaban J connectivity index is 2.84. The van der Waals surface area contributed by atoms with Gasteiger partial charge in [0.25, 0.3) is 0 Å². The Labute approximate surface area is 84.5 Å². The summed E-state index contributed by atoms with van der Waals surface area (Å²) < 4.78 is 13.4. The van der Waals surface area contributed by atoms with Gasteiger partial charge in [0.15, 0.2) is 0 Å². The second-order valence-corrected chi connectivity index (χ2v) is 3.32. The van der Waals surface area contributed by atoms with Crippen LogP contribution in [0.2, 0.25) is 0 Å². The van der Waals surface area contributed by atoms with Crippen LogP contribution in [-0.4, -0.2) is 18.5 Å². The molecule has 74 valence electrons. The van der Waals surface area contributed by atoms with Crippen molar-refractivity contribution in [3.8, 4) is 12.3 Å². The molecule has 0 bridgehead atoms. The largest absolute Gasteiger partial charge is 0.288 e. The first kappa shape index (κ1) is 10.7. The fourth-order valence-corrected chi connectivity index (χ4v) is 1.33. The molecule has 0 radical (unpaired) electrons. The van der Waals surface area contributed by atoms with Crippen LogP contribution in [0, 0.1) is 18.2 Å². The van der Waals surface area contributed by atoms with E-state index in [0.717, 1.165) is 0 Å². The SMILES string of the molecule is C#CCN(C)C(C)c1ccccc1F. The van der Waals surface area contributed by atoms with E-state index in [9.17, 15) is 4.39 Å². The predicted octanol–water partition coefficient (Wildman–Crippen LogP) is 2.45. The van der Waals surface area contributed by atoms with Crippen molar-refractivity contribution in [2.45, 2.75) is 13.0 Å². The van der Waals surface area contributed by atoms with E-state index in [1.54, 1.807) is 12.1 Å². The monoisotopic (exact) mass is 191 g/mol. The van der Waals surface area contributed by atoms with E-state index in [-0.39, 0.29) is 11.9 Å². The molecule has 1 unspecified atom stereocenters. The second kappa shape index (κ2) is 4.78. The Kier molecular flexibility index (Phi) is 3.67. The molecule has 1 rings (SSSR count). The third kappa shape index (κ3) is 2.34. The number of benzene rings is 1. The molecule has 2 heteroatoms. The Morgan fingerprint density at radius 1 is 1.50 bits per heavy atom. The summed E-state index contributed by atoms with van der Waals surface area (Å²) in [6.45, 7) is 2.46. The van der Waals surface area contributed by atoms with Crippen molar-refractivity contribution < 1.29 is 4.39 Å². The molecule has 0 saturated carbocycles. The van der Waals surface area contributed by atoms with E-state index in [1.165, 1.54) is 6.07 Å². The highest BCUT2D eigenvalue weighted by atomic mass is 19.1. The number of hydrogen-bond acceptors (Lipinski definition) is 1. The quantitative estimate of drug-likeness (QED) is 0.663. The molecule has 1 aromatic carbocycles. The molecule has 0 aliphatic carbocycles. The van der Waals surface area contributed by atoms with E-state index in [1.807, 2.05) is 24.9 Å². The van der Waals surface area contributed by atoms with E-state index in [4.69, 9.17) is 6.42 Å². The van der Waals surface area contributed by atoms with Gasteiger partial charge in [-0.25, -0.2) is 4.39 Å². The zero-order valence-electron chi connectivity index (χ0n) is 8.50. The first-order valence-corrected chi connectivity index (χ1v) is 4.55. The van der Waals surface area contributed by atoms with Crippen molar-refractivity contribution in [3.05, 3.63) is 35.6 Å². The van der Waals surface area contributed by atoms with Crippen LogP contribution in [-0.2, 0) is 0 Å². The number of rotatable bonds is 3. The Morgan fingerprint density at radius 3 is 2.71 bits per heavy atom. The van der Waals surface area contributed by atoms with Gasteiger partial charge >= 0.3 is 0 Å². The predicted molar refractivity (Wildman–Crippen MR) is 56.3 cm³/mol. The summed E-state index contributed by atoms with van der Waals surface area (Å²) in [5.74, 6) is 2.36. The fourth-order valence-electron chi connectivity index (χ4n) is 1.33. The molecule has 1 aromatic rings. The molecular formula is C12H14FN. The second-order valence-electron chi connectivity index (χ2n) is 3.32. The van der Waals surface area contributed by atoms with Crippen LogP contribution in [0.15, 0.2) is 24.3 Å². The van der Waals surface area contributed by atoms with Gasteiger partial charge in [0.1, 0.15) is 5.82 Å². The van der Waals surface area contributed by atoms with Crippen LogP contribution >= 0.6 is 0 Å². The molecule has 0 amide bonds. The molecule has 0 aliphatic rings. The molecule has 0 aromatic heterocycles. The van der Waals surface area contributed by atoms with Crippen molar-refractivity contribution in [1.29, 1.82) is 0 Å². The maximum Gasteiger partial charge on any atom is 0.127 e. The van der Waals surface area contributed by atoms with Crippen molar-refractivity contribution in [3.63, 3.8) is 0 Å². The molecular weight excluding hydrogens is 177 g/mol. The van der Waals surface area contributed by atoms with Gasteiger partial charge in [-0.15, -0.1) is 6.42 Å². The van der Waals surface area contributed by atoms with Gasteiger partial charge in [-0.2, -0.15) is 0 Å². The zero-order valence-corrected chi connectivity index (χ0v) is 8.50. The molecule has 0 saturated heterocycles. The first-order valence-electron chi connectivity index (χ1n) is 4.55. The Hall–Kier alpha value is -1.33. The molecule has 0 N–H and O–H groups in total. The summed E-state index contributed by atoms with van der Waals surface area (Å²) in [4.78, 5) is 1.93. The van der Waals surface area contributed by atoms with Crippen molar-refractivity contribution in [1.82, 2.24) is 4.90 Å². The summed E-state index contributed by atoms with van der Waals surface area (Å²) in [6.07, 6.45) is 5.20. The number of nitrogens with zero attached hydrogens (tertiary/aromatic N) is 1. The van der Waals surface area contributed by atoms with Gasteiger partial charge in [0.05, 0.1) is 6.54 Å². The minimum absolute atomic E-state index is 0.00671. The first-order chi connectivity index (χ1) is 6.66. The van der Waals surface area contributed by atoms with Gasteiger partial charge in [0.2, 0.25) is 0 Å². The topological polar surface area (TPSA) is 3.24 Å². The summed E-state index contributed by atoms with van der Waals surface area (Å²) in [7, 11) is 1.89. The molecule has 1 nitrogen and oxygen atoms in total. The molecule has 0 aliphatic heterocycles. The average molecular weight is 191 g/mol. The normalized spacial score (nSPS) is 12.5. The third-order valence-electron chi connectivity index (χ3n) is 2.36. The fraction of sp³-hybridized carbons (Fsp3) is 0.333. The average Bonchev–Trinajstić information content (AvgIpc) is 2.18. The lowest BCUT2D eigenvalue weighted by atomic mass is 10.1. The summed E-state index contributed by atoms with van der Waals surface area (Å²) in [6, 6.07) is 6.78. The van der Waals surface area contributed by atoms with E-state index in [0.29, 0.717) is 12.1 Å². The summed E-state index contributed by atoms with van der Waals surface area (Å²) in [5.41, 5.74) is 0.685. The Morgan fingerprint density at radius 2 is 2.14 bits per heavy atom. The number of hydrogen-bond donors (Lipinski definition) is 0. The maximum absolute atomic E-state index is 13.4. The van der Waals surface area contributed by atoms with Crippen LogP contribution < -0.4 is 0 Å². The van der Waals surface area contributed by atoms with Crippen molar-refractivity contribution in [2.75, 3.05) is 13.6 Å². The zero-order chi connectivity index (χ0) is 10.6. The minimum Gasteiger partial charge on any atom is -0.288 e. The van der Waals surface area contributed by atoms with Crippen LogP contribution in [0.1, 0.15) is 18.5 Å². The third-order valence-corrected chi connectivity index (χ3v) is 2.36. The van der Waals surface area contributed by atoms with Crippen LogP contribution in [0.4, 0.5) is 4.39 Å². The lowest BCUT2D eigenvalue weighted by molar-refractivity contribution is 0.287. The van der Waals surface area contributed by atoms with E-state index < -0.39 is 0 Å². The minimum atomic E-state index is -0.177. The molecule has 0 fully saturated rings. The smallest absolute Gasteiger partial charge is 0.127 e. The standard InChI is InChI=1S/C12H14FN/c1-4-9-14(3)10(2)11-7-5-6-8-12(11)13/h1,5-8,10H,9H2,2-3H3. The van der Waals surface area contributed by atoms with Gasteiger partial charge in [-0.1, -0.05) is 24.1 Å². The van der Waals surface area contributed by atoms with Gasteiger partial charge in [-0.05, 0) is 20.0 Å². The van der Waals surface area contributed by atoms with Crippen LogP contribution in [0.25, 0.3) is 0 Å². The number of halogens is 1. The van der Waals surface area contributed by atoms with Crippen LogP contribution in [0.5, 0.6) is 0 Å². The lowest BCUT2D eigenvalue weighted by Crippen LogP contribution is -2.23. The Bertz CT molecular complexity index is 340. The molecule has 0 heterocycles. The molecule has 14 heavy (non-hydrogen) atoms. The van der Waals surface area contributed by atoms with E-state index >= 15 is 0 Å². The maximum atomic E-state index is 13.4. The van der Waals surface area contributed by atoms with Gasteiger partial charge in [0, 0.05) is 11.6 Å². The van der Waals surface area contributed by atoms with Gasteiger partial charge in [-0.3, -0.25) is 4.90 Å². The van der Waals surface area contributed by atoms with Crippen LogP contribution in [0.3, 0.4) is 0 Å². The number of terminal acetylenes is 1. The summed E-state index contributed by atoms with van der Waals surface area (Å²) in [5, 5.41) is 0. The molecule has 0 spiro atoms. The molecule has 1 atom stereocenters. The lowest BCUT2D eigenvalue weighted by Gasteiger charge is -2.23. The highest BCUT2D eigenvalue weighted by Gasteiger charge is 2.13. The summed E-state index contributed by atoms with van der Waals surface area (Å²) >= 11 is 0. The highest BCUT2D eigenvalue weighted by molar-refractivity contribution is 5.20. The van der Waals surface area contributed by atoms with Gasteiger partial charge < -0.3 is 0 Å².